The van der Waals surface area contributed by atoms with Gasteiger partial charge in [-0.3, -0.25) is 0 Å². The fourth-order valence-corrected chi connectivity index (χ4v) is 4.93. The summed E-state index contributed by atoms with van der Waals surface area (Å²) in [6.07, 6.45) is 2.58. The van der Waals surface area contributed by atoms with Gasteiger partial charge in [0, 0.05) is 0 Å². The third-order valence-corrected chi connectivity index (χ3v) is 6.95. The first kappa shape index (κ1) is 24.8. The standard InChI is InChI=1S/C29H26NO5P/c31-29(33-23-25-15-7-2-8-16-25)30-28(22-21-24-13-5-1-6-14-24)36(32,34-26-17-9-3-10-18-26)35-27-19-11-4-12-20-27/h1-22,28H,23H2,(H,30,31)/b22-21+. The highest BCUT2D eigenvalue weighted by molar-refractivity contribution is 7.55. The number of carbonyl (C=O) groups excluding carboxylic acids is 1. The molecule has 0 aromatic heterocycles. The highest BCUT2D eigenvalue weighted by Crippen LogP contribution is 2.52. The van der Waals surface area contributed by atoms with Crippen LogP contribution in [0.5, 0.6) is 11.5 Å². The topological polar surface area (TPSA) is 73.9 Å². The lowest BCUT2D eigenvalue weighted by Gasteiger charge is -2.26. The van der Waals surface area contributed by atoms with Crippen molar-refractivity contribution in [1.29, 1.82) is 0 Å². The van der Waals surface area contributed by atoms with E-state index in [1.54, 1.807) is 60.7 Å². The zero-order valence-electron chi connectivity index (χ0n) is 19.5. The first-order valence-electron chi connectivity index (χ1n) is 11.4. The molecular formula is C29H26NO5P. The number of hydrogen-bond donors (Lipinski definition) is 1. The summed E-state index contributed by atoms with van der Waals surface area (Å²) in [6.45, 7) is 0.0607. The van der Waals surface area contributed by atoms with Gasteiger partial charge in [-0.15, -0.1) is 0 Å². The number of nitrogens with one attached hydrogen (secondary N) is 1. The molecule has 6 nitrogen and oxygen atoms in total. The van der Waals surface area contributed by atoms with Gasteiger partial charge in [0.05, 0.1) is 0 Å². The van der Waals surface area contributed by atoms with Gasteiger partial charge in [0.2, 0.25) is 0 Å². The van der Waals surface area contributed by atoms with E-state index in [0.29, 0.717) is 11.5 Å². The van der Waals surface area contributed by atoms with Crippen LogP contribution in [0.15, 0.2) is 127 Å². The fourth-order valence-electron chi connectivity index (χ4n) is 3.27. The molecule has 4 rings (SSSR count). The number of rotatable bonds is 10. The molecule has 0 spiro atoms. The van der Waals surface area contributed by atoms with Crippen LogP contribution in [-0.2, 0) is 15.9 Å². The molecular weight excluding hydrogens is 473 g/mol. The van der Waals surface area contributed by atoms with Crippen LogP contribution in [0.3, 0.4) is 0 Å². The first-order chi connectivity index (χ1) is 17.6. The number of para-hydroxylation sites is 2. The Balaban J connectivity index is 1.63. The highest BCUT2D eigenvalue weighted by Gasteiger charge is 2.39. The van der Waals surface area contributed by atoms with Crippen LogP contribution in [0, 0.1) is 0 Å². The number of alkyl carbamates (subject to hydrolysis) is 1. The smallest absolute Gasteiger partial charge is 0.445 e. The molecule has 0 saturated heterocycles. The Hall–Kier alpha value is -4.28. The van der Waals surface area contributed by atoms with Crippen molar-refractivity contribution in [2.75, 3.05) is 0 Å². The van der Waals surface area contributed by atoms with Crippen LogP contribution in [0.4, 0.5) is 4.79 Å². The van der Waals surface area contributed by atoms with Gasteiger partial charge in [-0.2, -0.15) is 0 Å². The highest BCUT2D eigenvalue weighted by atomic mass is 31.2. The molecule has 4 aromatic carbocycles. The molecule has 0 aliphatic rings. The second-order valence-corrected chi connectivity index (χ2v) is 9.77. The molecule has 0 aliphatic heterocycles. The van der Waals surface area contributed by atoms with Crippen LogP contribution in [-0.4, -0.2) is 11.9 Å². The number of amides is 1. The van der Waals surface area contributed by atoms with Crippen molar-refractivity contribution in [3.8, 4) is 11.5 Å². The summed E-state index contributed by atoms with van der Waals surface area (Å²) in [7, 11) is -4.06. The van der Waals surface area contributed by atoms with Crippen molar-refractivity contribution < 1.29 is 23.1 Å². The van der Waals surface area contributed by atoms with E-state index in [4.69, 9.17) is 13.8 Å². The number of benzene rings is 4. The Kier molecular flexibility index (Phi) is 8.57. The third kappa shape index (κ3) is 7.36. The monoisotopic (exact) mass is 499 g/mol. The summed E-state index contributed by atoms with van der Waals surface area (Å²) in [4.78, 5) is 12.8. The second-order valence-electron chi connectivity index (χ2n) is 7.77. The van der Waals surface area contributed by atoms with Crippen molar-refractivity contribution in [2.24, 2.45) is 0 Å². The van der Waals surface area contributed by atoms with Crippen molar-refractivity contribution in [2.45, 2.75) is 12.4 Å². The maximum Gasteiger partial charge on any atom is 0.457 e. The van der Waals surface area contributed by atoms with Crippen molar-refractivity contribution in [3.63, 3.8) is 0 Å². The average molecular weight is 500 g/mol. The van der Waals surface area contributed by atoms with E-state index < -0.39 is 19.5 Å². The van der Waals surface area contributed by atoms with Gasteiger partial charge in [0.25, 0.3) is 0 Å². The van der Waals surface area contributed by atoms with Crippen LogP contribution in [0.2, 0.25) is 0 Å². The normalized spacial score (nSPS) is 12.0. The molecule has 0 saturated carbocycles. The molecule has 0 aliphatic carbocycles. The van der Waals surface area contributed by atoms with Gasteiger partial charge in [-0.25, -0.2) is 9.36 Å². The molecule has 0 heterocycles. The van der Waals surface area contributed by atoms with E-state index in [2.05, 4.69) is 5.32 Å². The number of hydrogen-bond acceptors (Lipinski definition) is 5. The Morgan fingerprint density at radius 3 is 1.72 bits per heavy atom. The van der Waals surface area contributed by atoms with Crippen molar-refractivity contribution in [3.05, 3.63) is 139 Å². The van der Waals surface area contributed by atoms with Crippen LogP contribution in [0.25, 0.3) is 6.08 Å². The van der Waals surface area contributed by atoms with E-state index in [9.17, 15) is 9.36 Å². The van der Waals surface area contributed by atoms with Gasteiger partial charge >= 0.3 is 13.7 Å². The molecule has 0 radical (unpaired) electrons. The predicted octanol–water partition coefficient (Wildman–Crippen LogP) is 7.30. The lowest BCUT2D eigenvalue weighted by Crippen LogP contribution is -2.36. The minimum absolute atomic E-state index is 0.0607. The van der Waals surface area contributed by atoms with Crippen molar-refractivity contribution in [1.82, 2.24) is 5.32 Å². The average Bonchev–Trinajstić information content (AvgIpc) is 2.92. The summed E-state index contributed by atoms with van der Waals surface area (Å²) in [6, 6.07) is 36.1. The Bertz CT molecular complexity index is 1250. The predicted molar refractivity (Wildman–Crippen MR) is 141 cm³/mol. The van der Waals surface area contributed by atoms with Crippen molar-refractivity contribution >= 4 is 19.8 Å². The van der Waals surface area contributed by atoms with Crippen LogP contribution >= 0.6 is 7.60 Å². The quantitative estimate of drug-likeness (QED) is 0.232. The van der Waals surface area contributed by atoms with Crippen LogP contribution in [0.1, 0.15) is 11.1 Å². The van der Waals surface area contributed by atoms with E-state index in [0.717, 1.165) is 11.1 Å². The summed E-state index contributed by atoms with van der Waals surface area (Å²) in [5.41, 5.74) is 1.68. The molecule has 1 atom stereocenters. The fraction of sp³-hybridized carbons (Fsp3) is 0.0690. The molecule has 1 unspecified atom stereocenters. The molecule has 1 amide bonds. The van der Waals surface area contributed by atoms with Gasteiger partial charge in [0.15, 0.2) is 5.78 Å². The second kappa shape index (κ2) is 12.4. The third-order valence-electron chi connectivity index (χ3n) is 5.04. The molecule has 182 valence electrons. The molecule has 0 fully saturated rings. The SMILES string of the molecule is O=C(NC(/C=C/c1ccccc1)P(=O)(Oc1ccccc1)Oc1ccccc1)OCc1ccccc1. The van der Waals surface area contributed by atoms with Gasteiger partial charge in [-0.05, 0) is 41.5 Å². The summed E-state index contributed by atoms with van der Waals surface area (Å²) in [5, 5.41) is 2.68. The summed E-state index contributed by atoms with van der Waals surface area (Å²) in [5.74, 6) is -0.468. The first-order valence-corrected chi connectivity index (χ1v) is 13.0. The molecule has 36 heavy (non-hydrogen) atoms. The van der Waals surface area contributed by atoms with Gasteiger partial charge in [0.1, 0.15) is 18.1 Å². The zero-order valence-corrected chi connectivity index (χ0v) is 20.4. The molecule has 1 N–H and O–H groups in total. The van der Waals surface area contributed by atoms with E-state index in [1.165, 1.54) is 0 Å². The number of carbonyl (C=O) groups is 1. The molecule has 4 aromatic rings. The number of ether oxygens (including phenoxy) is 1. The maximum absolute atomic E-state index is 14.3. The van der Waals surface area contributed by atoms with Gasteiger partial charge < -0.3 is 19.1 Å². The minimum atomic E-state index is -4.06. The van der Waals surface area contributed by atoms with E-state index >= 15 is 0 Å². The Labute approximate surface area is 210 Å². The largest absolute Gasteiger partial charge is 0.457 e. The van der Waals surface area contributed by atoms with Crippen LogP contribution < -0.4 is 14.4 Å². The summed E-state index contributed by atoms with van der Waals surface area (Å²) < 4.78 is 31.6. The Morgan fingerprint density at radius 1 is 0.722 bits per heavy atom. The Morgan fingerprint density at radius 2 is 1.19 bits per heavy atom. The lowest BCUT2D eigenvalue weighted by atomic mass is 10.2. The van der Waals surface area contributed by atoms with E-state index in [1.807, 2.05) is 72.8 Å². The molecule has 7 heteroatoms. The van der Waals surface area contributed by atoms with E-state index in [-0.39, 0.29) is 6.61 Å². The minimum Gasteiger partial charge on any atom is -0.445 e. The molecule has 0 bridgehead atoms. The van der Waals surface area contributed by atoms with Gasteiger partial charge in [-0.1, -0.05) is 103 Å². The lowest BCUT2D eigenvalue weighted by molar-refractivity contribution is 0.138. The summed E-state index contributed by atoms with van der Waals surface area (Å²) >= 11 is 0. The zero-order chi connectivity index (χ0) is 25.1. The maximum atomic E-state index is 14.3.